The number of rotatable bonds is 9. The van der Waals surface area contributed by atoms with Gasteiger partial charge in [0.1, 0.15) is 0 Å². The molecule has 5 rings (SSSR count). The van der Waals surface area contributed by atoms with Gasteiger partial charge in [-0.25, -0.2) is 4.98 Å². The molecule has 4 aromatic rings. The van der Waals surface area contributed by atoms with Gasteiger partial charge in [-0.2, -0.15) is 0 Å². The average Bonchev–Trinajstić information content (AvgIpc) is 2.99. The van der Waals surface area contributed by atoms with Gasteiger partial charge in [0.25, 0.3) is 0 Å². The molecular weight excluding hydrogens is 508 g/mol. The molecule has 1 fully saturated rings. The van der Waals surface area contributed by atoms with Crippen molar-refractivity contribution in [3.05, 3.63) is 119 Å². The van der Waals surface area contributed by atoms with Crippen LogP contribution in [0.1, 0.15) is 48.0 Å². The Bertz CT molecular complexity index is 1380. The molecule has 1 aliphatic heterocycles. The van der Waals surface area contributed by atoms with Crippen LogP contribution in [0.2, 0.25) is 0 Å². The fourth-order valence-corrected chi connectivity index (χ4v) is 5.47. The summed E-state index contributed by atoms with van der Waals surface area (Å²) in [5.74, 6) is 0.706. The van der Waals surface area contributed by atoms with Crippen LogP contribution < -0.4 is 5.32 Å². The van der Waals surface area contributed by atoms with Crippen LogP contribution in [0.3, 0.4) is 0 Å². The third-order valence-electron chi connectivity index (χ3n) is 6.63. The Morgan fingerprint density at radius 3 is 2.46 bits per heavy atom. The molecule has 1 aliphatic rings. The number of pyridine rings is 1. The molecule has 0 bridgehead atoms. The lowest BCUT2D eigenvalue weighted by molar-refractivity contribution is -0.245. The summed E-state index contributed by atoms with van der Waals surface area (Å²) in [5, 5.41) is 13.3. The van der Waals surface area contributed by atoms with Gasteiger partial charge in [0.05, 0.1) is 23.8 Å². The minimum absolute atomic E-state index is 0.0136. The first-order chi connectivity index (χ1) is 19.1. The molecule has 39 heavy (non-hydrogen) atoms. The predicted molar refractivity (Wildman–Crippen MR) is 153 cm³/mol. The average molecular weight is 541 g/mol. The van der Waals surface area contributed by atoms with Gasteiger partial charge in [-0.3, -0.25) is 4.79 Å². The Balaban J connectivity index is 1.38. The molecule has 2 N–H and O–H groups in total. The van der Waals surface area contributed by atoms with Crippen molar-refractivity contribution in [1.82, 2.24) is 10.3 Å². The number of benzene rings is 3. The smallest absolute Gasteiger partial charge is 0.217 e. The summed E-state index contributed by atoms with van der Waals surface area (Å²) in [7, 11) is 0. The Kier molecular flexibility index (Phi) is 9.06. The second kappa shape index (κ2) is 13.0. The van der Waals surface area contributed by atoms with Crippen molar-refractivity contribution in [3.63, 3.8) is 0 Å². The monoisotopic (exact) mass is 540 g/mol. The van der Waals surface area contributed by atoms with Crippen molar-refractivity contribution < 1.29 is 19.4 Å². The van der Waals surface area contributed by atoms with Crippen LogP contribution in [0.25, 0.3) is 11.1 Å². The second-order valence-electron chi connectivity index (χ2n) is 9.56. The van der Waals surface area contributed by atoms with Crippen molar-refractivity contribution in [2.75, 3.05) is 5.75 Å². The molecule has 3 aromatic carbocycles. The van der Waals surface area contributed by atoms with Gasteiger partial charge in [-0.1, -0.05) is 66.7 Å². The molecule has 200 valence electrons. The summed E-state index contributed by atoms with van der Waals surface area (Å²) < 4.78 is 13.0. The normalized spacial score (nSPS) is 19.0. The fraction of sp³-hybridized carbons (Fsp3) is 0.250. The van der Waals surface area contributed by atoms with E-state index in [1.807, 2.05) is 66.7 Å². The van der Waals surface area contributed by atoms with Crippen molar-refractivity contribution in [2.45, 2.75) is 50.0 Å². The van der Waals surface area contributed by atoms with Gasteiger partial charge in [0.15, 0.2) is 6.29 Å². The van der Waals surface area contributed by atoms with E-state index in [9.17, 15) is 9.90 Å². The van der Waals surface area contributed by atoms with Gasteiger partial charge in [-0.15, -0.1) is 11.8 Å². The largest absolute Gasteiger partial charge is 0.392 e. The third-order valence-corrected chi connectivity index (χ3v) is 7.71. The van der Waals surface area contributed by atoms with Crippen molar-refractivity contribution in [2.24, 2.45) is 0 Å². The lowest BCUT2D eigenvalue weighted by Gasteiger charge is -2.36. The first-order valence-corrected chi connectivity index (χ1v) is 14.0. The number of hydrogen-bond donors (Lipinski definition) is 2. The van der Waals surface area contributed by atoms with Crippen molar-refractivity contribution in [1.29, 1.82) is 0 Å². The van der Waals surface area contributed by atoms with Gasteiger partial charge in [0, 0.05) is 37.4 Å². The van der Waals surface area contributed by atoms with Crippen LogP contribution in [0.5, 0.6) is 0 Å². The van der Waals surface area contributed by atoms with Crippen LogP contribution in [0.15, 0.2) is 102 Å². The molecule has 1 amide bonds. The number of aliphatic hydroxyl groups excluding tert-OH is 1. The molecule has 1 aromatic heterocycles. The SMILES string of the molecule is CC(=O)NCc1cccc(-c2cccc(C3OC(CSc4ccccn4)CC(c4ccc(CO)cc4)O3)c2)c1. The van der Waals surface area contributed by atoms with E-state index < -0.39 is 6.29 Å². The number of thioether (sulfide) groups is 1. The highest BCUT2D eigenvalue weighted by Gasteiger charge is 2.32. The van der Waals surface area contributed by atoms with E-state index >= 15 is 0 Å². The number of nitrogens with one attached hydrogen (secondary N) is 1. The van der Waals surface area contributed by atoms with E-state index in [0.717, 1.165) is 50.6 Å². The Hall–Kier alpha value is -3.49. The maximum Gasteiger partial charge on any atom is 0.217 e. The molecule has 0 aliphatic carbocycles. The number of nitrogens with zero attached hydrogens (tertiary/aromatic N) is 1. The quantitative estimate of drug-likeness (QED) is 0.246. The molecule has 6 nitrogen and oxygen atoms in total. The number of hydrogen-bond acceptors (Lipinski definition) is 6. The molecule has 0 spiro atoms. The number of ether oxygens (including phenoxy) is 2. The zero-order valence-electron chi connectivity index (χ0n) is 21.8. The first kappa shape index (κ1) is 27.1. The van der Waals surface area contributed by atoms with Gasteiger partial charge >= 0.3 is 0 Å². The zero-order valence-corrected chi connectivity index (χ0v) is 22.6. The van der Waals surface area contributed by atoms with E-state index in [4.69, 9.17) is 9.47 Å². The molecule has 0 radical (unpaired) electrons. The first-order valence-electron chi connectivity index (χ1n) is 13.1. The number of carbonyl (C=O) groups excluding carboxylic acids is 1. The summed E-state index contributed by atoms with van der Waals surface area (Å²) in [6, 6.07) is 30.3. The van der Waals surface area contributed by atoms with Crippen molar-refractivity contribution >= 4 is 17.7 Å². The van der Waals surface area contributed by atoms with Crippen LogP contribution >= 0.6 is 11.8 Å². The highest BCUT2D eigenvalue weighted by Crippen LogP contribution is 2.40. The summed E-state index contributed by atoms with van der Waals surface area (Å²) in [6.45, 7) is 2.03. The van der Waals surface area contributed by atoms with Crippen LogP contribution in [0.4, 0.5) is 0 Å². The van der Waals surface area contributed by atoms with E-state index in [-0.39, 0.29) is 24.7 Å². The van der Waals surface area contributed by atoms with Crippen molar-refractivity contribution in [3.8, 4) is 11.1 Å². The Morgan fingerprint density at radius 2 is 1.72 bits per heavy atom. The summed E-state index contributed by atoms with van der Waals surface area (Å²) in [4.78, 5) is 15.8. The predicted octanol–water partition coefficient (Wildman–Crippen LogP) is 6.21. The standard InChI is InChI=1S/C32H32N2O4S/c1-22(36)34-19-24-6-4-7-26(16-24)27-8-5-9-28(17-27)32-37-29(21-39-31-10-2-3-15-33-31)18-30(38-32)25-13-11-23(20-35)12-14-25/h2-17,29-30,32,35H,18-21H2,1H3,(H,34,36). The molecule has 0 saturated carbocycles. The van der Waals surface area contributed by atoms with E-state index in [1.54, 1.807) is 18.0 Å². The van der Waals surface area contributed by atoms with Gasteiger partial charge < -0.3 is 19.9 Å². The lowest BCUT2D eigenvalue weighted by atomic mass is 9.99. The maximum absolute atomic E-state index is 11.4. The van der Waals surface area contributed by atoms with Crippen LogP contribution in [-0.4, -0.2) is 27.9 Å². The molecule has 1 saturated heterocycles. The molecular formula is C32H32N2O4S. The number of aliphatic hydroxyl groups is 1. The number of aromatic nitrogens is 1. The zero-order chi connectivity index (χ0) is 27.0. The van der Waals surface area contributed by atoms with Crippen LogP contribution in [-0.2, 0) is 27.4 Å². The minimum atomic E-state index is -0.530. The molecule has 7 heteroatoms. The Labute approximate surface area is 233 Å². The van der Waals surface area contributed by atoms with E-state index in [0.29, 0.717) is 6.54 Å². The lowest BCUT2D eigenvalue weighted by Crippen LogP contribution is -2.31. The summed E-state index contributed by atoms with van der Waals surface area (Å²) in [6.07, 6.45) is 1.81. The van der Waals surface area contributed by atoms with E-state index in [2.05, 4.69) is 34.6 Å². The second-order valence-corrected chi connectivity index (χ2v) is 10.6. The van der Waals surface area contributed by atoms with Gasteiger partial charge in [-0.05, 0) is 52.1 Å². The third kappa shape index (κ3) is 7.34. The van der Waals surface area contributed by atoms with E-state index in [1.165, 1.54) is 6.92 Å². The highest BCUT2D eigenvalue weighted by molar-refractivity contribution is 7.99. The fourth-order valence-electron chi connectivity index (χ4n) is 4.59. The summed E-state index contributed by atoms with van der Waals surface area (Å²) >= 11 is 1.68. The van der Waals surface area contributed by atoms with Gasteiger partial charge in [0.2, 0.25) is 5.91 Å². The number of amides is 1. The minimum Gasteiger partial charge on any atom is -0.392 e. The topological polar surface area (TPSA) is 80.7 Å². The molecule has 2 heterocycles. The molecule has 3 atom stereocenters. The maximum atomic E-state index is 11.4. The van der Waals surface area contributed by atoms with Crippen LogP contribution in [0, 0.1) is 0 Å². The molecule has 3 unspecified atom stereocenters. The number of carbonyl (C=O) groups is 1. The Morgan fingerprint density at radius 1 is 0.923 bits per heavy atom. The summed E-state index contributed by atoms with van der Waals surface area (Å²) in [5.41, 5.74) is 6.04. The highest BCUT2D eigenvalue weighted by atomic mass is 32.2.